The van der Waals surface area contributed by atoms with Crippen LogP contribution in [0.4, 0.5) is 0 Å². The number of allylic oxidation sites excluding steroid dienone is 2. The molecule has 0 saturated heterocycles. The number of aliphatic hydroxyl groups excluding tert-OH is 2. The van der Waals surface area contributed by atoms with Gasteiger partial charge in [-0.2, -0.15) is 0 Å². The highest BCUT2D eigenvalue weighted by Crippen LogP contribution is 2.24. The van der Waals surface area contributed by atoms with Crippen LogP contribution in [0.1, 0.15) is 81.1 Å². The second-order valence-electron chi connectivity index (χ2n) is 12.1. The van der Waals surface area contributed by atoms with Crippen molar-refractivity contribution in [2.24, 2.45) is 29.4 Å². The molecule has 0 heterocycles. The molecule has 0 aromatic rings. The fraction of sp³-hybridized carbons (Fsp3) is 0.862. The van der Waals surface area contributed by atoms with Crippen LogP contribution >= 0.6 is 0 Å². The lowest BCUT2D eigenvalue weighted by molar-refractivity contribution is -0.154. The van der Waals surface area contributed by atoms with E-state index in [1.165, 1.54) is 11.9 Å². The van der Waals surface area contributed by atoms with E-state index < -0.39 is 30.3 Å². The van der Waals surface area contributed by atoms with Crippen molar-refractivity contribution in [1.82, 2.24) is 14.7 Å². The van der Waals surface area contributed by atoms with Gasteiger partial charge in [0.15, 0.2) is 0 Å². The number of aliphatic hydroxyl groups is 2. The van der Waals surface area contributed by atoms with E-state index in [2.05, 4.69) is 32.6 Å². The lowest BCUT2D eigenvalue weighted by atomic mass is 9.91. The van der Waals surface area contributed by atoms with Gasteiger partial charge >= 0.3 is 0 Å². The summed E-state index contributed by atoms with van der Waals surface area (Å²) in [5, 5.41) is 22.5. The zero-order valence-electron chi connectivity index (χ0n) is 25.5. The summed E-state index contributed by atoms with van der Waals surface area (Å²) in [5.41, 5.74) is 5.68. The molecule has 0 aromatic carbocycles. The zero-order chi connectivity index (χ0) is 29.0. The molecule has 0 aromatic heterocycles. The molecule has 0 bridgehead atoms. The van der Waals surface area contributed by atoms with Crippen LogP contribution in [0.3, 0.4) is 0 Å². The fourth-order valence-corrected chi connectivity index (χ4v) is 5.03. The van der Waals surface area contributed by atoms with Gasteiger partial charge in [0.25, 0.3) is 0 Å². The number of likely N-dealkylation sites (N-methyl/N-ethyl adjacent to an activating group) is 3. The summed E-state index contributed by atoms with van der Waals surface area (Å²) in [7, 11) is 5.32. The monoisotopic (exact) mass is 526 g/mol. The molecule has 218 valence electrons. The Bertz CT molecular complexity index is 697. The molecule has 6 atom stereocenters. The lowest BCUT2D eigenvalue weighted by Gasteiger charge is -2.43. The van der Waals surface area contributed by atoms with Crippen molar-refractivity contribution >= 4 is 11.8 Å². The number of nitrogens with two attached hydrogens (primary N) is 1. The summed E-state index contributed by atoms with van der Waals surface area (Å²) < 4.78 is 0. The molecular weight excluding hydrogens is 468 g/mol. The Morgan fingerprint density at radius 1 is 0.919 bits per heavy atom. The van der Waals surface area contributed by atoms with Crippen LogP contribution in [0, 0.1) is 23.7 Å². The van der Waals surface area contributed by atoms with Gasteiger partial charge in [-0.15, -0.1) is 0 Å². The number of hydrogen-bond acceptors (Lipinski definition) is 6. The molecule has 0 saturated carbocycles. The second kappa shape index (κ2) is 17.2. The van der Waals surface area contributed by atoms with Crippen LogP contribution in [-0.2, 0) is 9.59 Å². The Labute approximate surface area is 227 Å². The van der Waals surface area contributed by atoms with Crippen molar-refractivity contribution in [3.05, 3.63) is 12.2 Å². The van der Waals surface area contributed by atoms with Gasteiger partial charge in [0, 0.05) is 13.1 Å². The third-order valence-corrected chi connectivity index (χ3v) is 7.36. The van der Waals surface area contributed by atoms with E-state index in [1.54, 1.807) is 11.9 Å². The van der Waals surface area contributed by atoms with Crippen LogP contribution in [0.2, 0.25) is 0 Å². The van der Waals surface area contributed by atoms with Crippen molar-refractivity contribution in [1.29, 1.82) is 0 Å². The van der Waals surface area contributed by atoms with Crippen molar-refractivity contribution in [3.63, 3.8) is 0 Å². The van der Waals surface area contributed by atoms with Gasteiger partial charge in [0.05, 0.1) is 12.1 Å². The summed E-state index contributed by atoms with van der Waals surface area (Å²) in [6, 6.07) is -2.02. The minimum absolute atomic E-state index is 0.147. The Hall–Kier alpha value is -1.48. The molecule has 0 fully saturated rings. The maximum atomic E-state index is 13.8. The van der Waals surface area contributed by atoms with Crippen LogP contribution in [0.5, 0.6) is 0 Å². The molecule has 0 radical (unpaired) electrons. The van der Waals surface area contributed by atoms with Gasteiger partial charge in [0.1, 0.15) is 12.3 Å². The van der Waals surface area contributed by atoms with E-state index in [9.17, 15) is 19.8 Å². The topological polar surface area (TPSA) is 110 Å². The maximum absolute atomic E-state index is 13.8. The van der Waals surface area contributed by atoms with Crippen molar-refractivity contribution in [3.8, 4) is 0 Å². The Morgan fingerprint density at radius 3 is 1.92 bits per heavy atom. The number of primary amides is 1. The first-order valence-electron chi connectivity index (χ1n) is 14.0. The molecule has 8 heteroatoms. The van der Waals surface area contributed by atoms with E-state index in [-0.39, 0.29) is 23.8 Å². The van der Waals surface area contributed by atoms with Gasteiger partial charge in [-0.25, -0.2) is 0 Å². The zero-order valence-corrected chi connectivity index (χ0v) is 25.5. The number of rotatable bonds is 18. The molecular formula is C29H58N4O4. The molecule has 0 aliphatic rings. The highest BCUT2D eigenvalue weighted by Gasteiger charge is 2.41. The van der Waals surface area contributed by atoms with Crippen LogP contribution in [0.25, 0.3) is 0 Å². The third-order valence-electron chi connectivity index (χ3n) is 7.36. The first-order chi connectivity index (χ1) is 17.1. The molecule has 8 nitrogen and oxygen atoms in total. The number of carbonyl (C=O) groups excluding carboxylic acids is 2. The molecule has 1 unspecified atom stereocenters. The number of nitrogens with zero attached hydrogens (tertiary/aromatic N) is 3. The molecule has 0 aliphatic carbocycles. The third kappa shape index (κ3) is 11.4. The van der Waals surface area contributed by atoms with E-state index in [0.717, 1.165) is 25.8 Å². The summed E-state index contributed by atoms with van der Waals surface area (Å²) in [4.78, 5) is 31.4. The molecule has 0 spiro atoms. The molecule has 0 rings (SSSR count). The molecule has 0 aliphatic heterocycles. The van der Waals surface area contributed by atoms with Crippen molar-refractivity contribution in [2.75, 3.05) is 27.7 Å². The minimum Gasteiger partial charge on any atom is -0.390 e. The number of carbonyl (C=O) groups is 2. The van der Waals surface area contributed by atoms with E-state index in [4.69, 9.17) is 5.73 Å². The van der Waals surface area contributed by atoms with Crippen molar-refractivity contribution in [2.45, 2.75) is 112 Å². The van der Waals surface area contributed by atoms with E-state index in [1.807, 2.05) is 46.9 Å². The van der Waals surface area contributed by atoms with Gasteiger partial charge in [0.2, 0.25) is 11.8 Å². The van der Waals surface area contributed by atoms with Gasteiger partial charge in [-0.3, -0.25) is 19.4 Å². The lowest BCUT2D eigenvalue weighted by Crippen LogP contribution is -2.62. The highest BCUT2D eigenvalue weighted by atomic mass is 16.3. The van der Waals surface area contributed by atoms with Crippen molar-refractivity contribution < 1.29 is 19.8 Å². The molecule has 4 N–H and O–H groups in total. The summed E-state index contributed by atoms with van der Waals surface area (Å²) >= 11 is 0. The first-order valence-corrected chi connectivity index (χ1v) is 14.0. The fourth-order valence-electron chi connectivity index (χ4n) is 5.03. The van der Waals surface area contributed by atoms with Gasteiger partial charge in [-0.05, 0) is 76.9 Å². The predicted octanol–water partition coefficient (Wildman–Crippen LogP) is 3.32. The van der Waals surface area contributed by atoms with E-state index in [0.29, 0.717) is 18.3 Å². The molecule has 37 heavy (non-hydrogen) atoms. The Balaban J connectivity index is 5.95. The Morgan fingerprint density at radius 2 is 1.49 bits per heavy atom. The van der Waals surface area contributed by atoms with Crippen LogP contribution in [0.15, 0.2) is 12.2 Å². The SMILES string of the molecule is C/C=C/C[C@@H](C)[C@@H](O)[C@@H](C(N)=O)N(C)C(=O)[C@H](C(C)C)N(C)C(O)[C@H](CC(C)C)N(C)CCCC(C)C. The smallest absolute Gasteiger partial charge is 0.242 e. The van der Waals surface area contributed by atoms with Gasteiger partial charge in [-0.1, -0.05) is 60.6 Å². The minimum atomic E-state index is -1.16. The number of hydrogen-bond donors (Lipinski definition) is 3. The summed E-state index contributed by atoms with van der Waals surface area (Å²) in [6.07, 6.45) is 5.31. The van der Waals surface area contributed by atoms with E-state index >= 15 is 0 Å². The van der Waals surface area contributed by atoms with Crippen LogP contribution < -0.4 is 5.73 Å². The van der Waals surface area contributed by atoms with Crippen LogP contribution in [-0.4, -0.2) is 94.9 Å². The average Bonchev–Trinajstić information content (AvgIpc) is 2.79. The second-order valence-corrected chi connectivity index (χ2v) is 12.1. The maximum Gasteiger partial charge on any atom is 0.242 e. The largest absolute Gasteiger partial charge is 0.390 e. The van der Waals surface area contributed by atoms with Gasteiger partial charge < -0.3 is 20.8 Å². The standard InChI is InChI=1S/C29H58N4O4/c1-12-13-16-22(8)26(34)25(27(30)35)33(11)29(37)24(21(6)7)32(10)28(36)23(18-20(4)5)31(9)17-14-15-19(2)3/h12-13,19-26,28,34,36H,14-18H2,1-11H3,(H2,30,35)/b13-12+/t22-,23+,24+,25+,26-,28?/m1/s1. The average molecular weight is 527 g/mol. The predicted molar refractivity (Wildman–Crippen MR) is 153 cm³/mol. The summed E-state index contributed by atoms with van der Waals surface area (Å²) in [5.74, 6) is -0.513. The first kappa shape index (κ1) is 35.5. The Kier molecular flexibility index (Phi) is 16.5. The molecule has 2 amide bonds. The number of amides is 2. The highest BCUT2D eigenvalue weighted by molar-refractivity contribution is 5.89. The summed E-state index contributed by atoms with van der Waals surface area (Å²) in [6.45, 7) is 17.1. The normalized spacial score (nSPS) is 17.6. The quantitative estimate of drug-likeness (QED) is 0.187.